The number of pyridine rings is 1. The van der Waals surface area contributed by atoms with Crippen LogP contribution in [0.15, 0.2) is 49.2 Å². The summed E-state index contributed by atoms with van der Waals surface area (Å²) in [6.07, 6.45) is 3.34. The summed E-state index contributed by atoms with van der Waals surface area (Å²) in [5.74, 6) is 1.31. The fraction of sp³-hybridized carbons (Fsp3) is 0.261. The second-order valence-corrected chi connectivity index (χ2v) is 7.86. The highest BCUT2D eigenvalue weighted by atomic mass is 35.5. The van der Waals surface area contributed by atoms with Crippen molar-refractivity contribution in [2.24, 2.45) is 5.92 Å². The van der Waals surface area contributed by atoms with Crippen LogP contribution in [0.5, 0.6) is 5.75 Å². The van der Waals surface area contributed by atoms with Gasteiger partial charge in [-0.05, 0) is 54.8 Å². The van der Waals surface area contributed by atoms with Gasteiger partial charge in [0.25, 0.3) is 5.91 Å². The summed E-state index contributed by atoms with van der Waals surface area (Å²) in [5, 5.41) is 7.85. The molecule has 2 aromatic heterocycles. The third-order valence-corrected chi connectivity index (χ3v) is 4.63. The topological polar surface area (TPSA) is 69.0 Å². The summed E-state index contributed by atoms with van der Waals surface area (Å²) >= 11 is 6.19. The molecule has 0 aliphatic rings. The lowest BCUT2D eigenvalue weighted by Crippen LogP contribution is -2.15. The number of aromatic nitrogens is 3. The number of ether oxygens (including phenoxy) is 1. The second-order valence-electron chi connectivity index (χ2n) is 7.42. The molecule has 1 aromatic carbocycles. The van der Waals surface area contributed by atoms with E-state index in [0.29, 0.717) is 35.6 Å². The molecule has 0 aliphatic heterocycles. The molecule has 6 nitrogen and oxygen atoms in total. The van der Waals surface area contributed by atoms with E-state index < -0.39 is 0 Å². The molecule has 3 aromatic rings. The van der Waals surface area contributed by atoms with E-state index in [1.165, 1.54) is 0 Å². The van der Waals surface area contributed by atoms with Crippen molar-refractivity contribution in [2.75, 3.05) is 11.9 Å². The zero-order valence-electron chi connectivity index (χ0n) is 17.4. The van der Waals surface area contributed by atoms with Crippen molar-refractivity contribution in [3.63, 3.8) is 0 Å². The normalized spacial score (nSPS) is 10.8. The van der Waals surface area contributed by atoms with Crippen LogP contribution in [0, 0.1) is 12.8 Å². The first kappa shape index (κ1) is 21.6. The average molecular weight is 425 g/mol. The van der Waals surface area contributed by atoms with Gasteiger partial charge in [-0.3, -0.25) is 9.48 Å². The van der Waals surface area contributed by atoms with Crippen molar-refractivity contribution >= 4 is 29.4 Å². The van der Waals surface area contributed by atoms with Crippen LogP contribution in [0.25, 0.3) is 6.08 Å². The quantitative estimate of drug-likeness (QED) is 0.538. The molecule has 0 saturated heterocycles. The molecule has 0 bridgehead atoms. The third-order valence-electron chi connectivity index (χ3n) is 4.39. The Bertz CT molecular complexity index is 1040. The number of benzene rings is 1. The van der Waals surface area contributed by atoms with Gasteiger partial charge in [-0.15, -0.1) is 0 Å². The van der Waals surface area contributed by atoms with Crippen LogP contribution in [0.1, 0.15) is 41.2 Å². The van der Waals surface area contributed by atoms with E-state index in [1.54, 1.807) is 35.2 Å². The maximum absolute atomic E-state index is 12.6. The summed E-state index contributed by atoms with van der Waals surface area (Å²) in [5.41, 5.74) is 2.95. The number of hydrogen-bond acceptors (Lipinski definition) is 4. The van der Waals surface area contributed by atoms with Gasteiger partial charge in [0.1, 0.15) is 11.6 Å². The maximum atomic E-state index is 12.6. The van der Waals surface area contributed by atoms with Crippen LogP contribution in [0.4, 0.5) is 5.82 Å². The Kier molecular flexibility index (Phi) is 6.90. The van der Waals surface area contributed by atoms with Gasteiger partial charge < -0.3 is 10.1 Å². The van der Waals surface area contributed by atoms with Gasteiger partial charge in [0.05, 0.1) is 13.2 Å². The molecule has 1 amide bonds. The van der Waals surface area contributed by atoms with E-state index in [-0.39, 0.29) is 5.91 Å². The van der Waals surface area contributed by atoms with Crippen molar-refractivity contribution in [2.45, 2.75) is 27.3 Å². The lowest BCUT2D eigenvalue weighted by atomic mass is 10.2. The second kappa shape index (κ2) is 9.59. The number of carbonyl (C=O) groups excluding carboxylic acids is 1. The summed E-state index contributed by atoms with van der Waals surface area (Å²) in [7, 11) is 0. The van der Waals surface area contributed by atoms with Crippen LogP contribution in [-0.2, 0) is 6.54 Å². The smallest absolute Gasteiger partial charge is 0.277 e. The first-order chi connectivity index (χ1) is 14.4. The molecule has 0 radical (unpaired) electrons. The van der Waals surface area contributed by atoms with Gasteiger partial charge in [-0.2, -0.15) is 5.10 Å². The Labute approximate surface area is 181 Å². The molecule has 2 heterocycles. The Morgan fingerprint density at radius 2 is 2.10 bits per heavy atom. The van der Waals surface area contributed by atoms with E-state index in [0.717, 1.165) is 22.6 Å². The number of nitrogens with zero attached hydrogens (tertiary/aromatic N) is 3. The van der Waals surface area contributed by atoms with Gasteiger partial charge in [0.2, 0.25) is 0 Å². The monoisotopic (exact) mass is 424 g/mol. The number of nitrogens with one attached hydrogen (secondary N) is 1. The van der Waals surface area contributed by atoms with Gasteiger partial charge in [0, 0.05) is 22.5 Å². The molecular formula is C23H25ClN4O2. The summed E-state index contributed by atoms with van der Waals surface area (Å²) in [4.78, 5) is 16.8. The predicted molar refractivity (Wildman–Crippen MR) is 120 cm³/mol. The molecule has 0 atom stereocenters. The number of hydrogen-bond donors (Lipinski definition) is 1. The van der Waals surface area contributed by atoms with E-state index in [2.05, 4.69) is 35.8 Å². The number of halogens is 1. The van der Waals surface area contributed by atoms with E-state index in [1.807, 2.05) is 25.1 Å². The fourth-order valence-corrected chi connectivity index (χ4v) is 2.99. The first-order valence-electron chi connectivity index (χ1n) is 9.71. The molecule has 0 fully saturated rings. The molecule has 1 N–H and O–H groups in total. The zero-order valence-corrected chi connectivity index (χ0v) is 18.1. The molecule has 0 spiro atoms. The number of carbonyl (C=O) groups is 1. The van der Waals surface area contributed by atoms with Crippen LogP contribution in [0.2, 0.25) is 5.02 Å². The summed E-state index contributed by atoms with van der Waals surface area (Å²) < 4.78 is 7.68. The first-order valence-corrected chi connectivity index (χ1v) is 10.1. The fourth-order valence-electron chi connectivity index (χ4n) is 2.79. The van der Waals surface area contributed by atoms with Crippen LogP contribution in [0.3, 0.4) is 0 Å². The van der Waals surface area contributed by atoms with Gasteiger partial charge >= 0.3 is 0 Å². The zero-order chi connectivity index (χ0) is 21.7. The van der Waals surface area contributed by atoms with Crippen molar-refractivity contribution < 1.29 is 9.53 Å². The minimum absolute atomic E-state index is 0.314. The maximum Gasteiger partial charge on any atom is 0.277 e. The molecule has 156 valence electrons. The number of rotatable bonds is 8. The van der Waals surface area contributed by atoms with E-state index in [9.17, 15) is 4.79 Å². The molecule has 0 unspecified atom stereocenters. The number of aryl methyl sites for hydroxylation is 1. The highest BCUT2D eigenvalue weighted by Crippen LogP contribution is 2.25. The highest BCUT2D eigenvalue weighted by Gasteiger charge is 2.15. The molecule has 7 heteroatoms. The Morgan fingerprint density at radius 3 is 2.77 bits per heavy atom. The van der Waals surface area contributed by atoms with Gasteiger partial charge in [-0.1, -0.05) is 38.1 Å². The number of amides is 1. The molecule has 0 aliphatic carbocycles. The van der Waals surface area contributed by atoms with Crippen molar-refractivity contribution in [1.82, 2.24) is 14.8 Å². The van der Waals surface area contributed by atoms with Gasteiger partial charge in [0.15, 0.2) is 5.69 Å². The standard InChI is InChI=1S/C23H25ClN4O2/c1-5-17-6-9-22(25-12-17)26-23(29)20-10-16(4)28(27-20)13-18-11-19(24)7-8-21(18)30-14-15(2)3/h5-12,15H,1,13-14H2,2-4H3,(H,25,26,29). The van der Waals surface area contributed by atoms with Crippen LogP contribution in [-0.4, -0.2) is 27.3 Å². The third kappa shape index (κ3) is 5.48. The minimum atomic E-state index is -0.321. The number of anilines is 1. The van der Waals surface area contributed by atoms with Crippen molar-refractivity contribution in [3.8, 4) is 5.75 Å². The Balaban J connectivity index is 1.76. The van der Waals surface area contributed by atoms with Crippen LogP contribution >= 0.6 is 11.6 Å². The van der Waals surface area contributed by atoms with Crippen molar-refractivity contribution in [3.05, 3.63) is 76.7 Å². The Morgan fingerprint density at radius 1 is 1.30 bits per heavy atom. The van der Waals surface area contributed by atoms with Gasteiger partial charge in [-0.25, -0.2) is 4.98 Å². The average Bonchev–Trinajstić information content (AvgIpc) is 3.08. The highest BCUT2D eigenvalue weighted by molar-refractivity contribution is 6.30. The molecule has 3 rings (SSSR count). The SMILES string of the molecule is C=Cc1ccc(NC(=O)c2cc(C)n(Cc3cc(Cl)ccc3OCC(C)C)n2)nc1. The molecule has 30 heavy (non-hydrogen) atoms. The predicted octanol–water partition coefficient (Wildman–Crippen LogP) is 5.22. The minimum Gasteiger partial charge on any atom is -0.493 e. The largest absolute Gasteiger partial charge is 0.493 e. The molecular weight excluding hydrogens is 400 g/mol. The lowest BCUT2D eigenvalue weighted by Gasteiger charge is -2.14. The summed E-state index contributed by atoms with van der Waals surface area (Å²) in [6.45, 7) is 10.8. The van der Waals surface area contributed by atoms with E-state index in [4.69, 9.17) is 16.3 Å². The van der Waals surface area contributed by atoms with Crippen LogP contribution < -0.4 is 10.1 Å². The molecule has 0 saturated carbocycles. The Hall–Kier alpha value is -3.12. The van der Waals surface area contributed by atoms with E-state index >= 15 is 0 Å². The summed E-state index contributed by atoms with van der Waals surface area (Å²) in [6, 6.07) is 10.8. The van der Waals surface area contributed by atoms with Crippen molar-refractivity contribution in [1.29, 1.82) is 0 Å². The lowest BCUT2D eigenvalue weighted by molar-refractivity contribution is 0.102.